The smallest absolute Gasteiger partial charge is 0.227 e. The summed E-state index contributed by atoms with van der Waals surface area (Å²) in [5.74, 6) is 0.927. The molecule has 1 aliphatic heterocycles. The average Bonchev–Trinajstić information content (AvgIpc) is 3.00. The molecule has 1 aromatic rings. The van der Waals surface area contributed by atoms with Gasteiger partial charge < -0.3 is 4.90 Å². The molecular formula is C22H30ClNO2. The largest absolute Gasteiger partial charge is 0.309 e. The SMILES string of the molecule is CCC(Cl)C(=O)c1ccc2c(c1)CC(C)N2C(=O)CCC1CCCCC1. The van der Waals surface area contributed by atoms with Crippen LogP contribution in [0, 0.1) is 5.92 Å². The van der Waals surface area contributed by atoms with Crippen molar-refractivity contribution in [1.29, 1.82) is 0 Å². The third kappa shape index (κ3) is 4.14. The molecule has 3 nitrogen and oxygen atoms in total. The first kappa shape index (κ1) is 19.4. The van der Waals surface area contributed by atoms with E-state index in [-0.39, 0.29) is 17.7 Å². The maximum absolute atomic E-state index is 12.9. The standard InChI is InChI=1S/C22H30ClNO2/c1-3-19(23)22(26)17-10-11-20-18(14-17)13-15(2)24(20)21(25)12-9-16-7-5-4-6-8-16/h10-11,14-16,19H,3-9,12-13H2,1-2H3. The van der Waals surface area contributed by atoms with Crippen LogP contribution in [0.4, 0.5) is 5.69 Å². The van der Waals surface area contributed by atoms with Gasteiger partial charge in [0, 0.05) is 23.7 Å². The van der Waals surface area contributed by atoms with Crippen molar-refractivity contribution in [2.45, 2.75) is 83.1 Å². The Hall–Kier alpha value is -1.35. The molecule has 142 valence electrons. The van der Waals surface area contributed by atoms with E-state index in [0.717, 1.165) is 30.0 Å². The van der Waals surface area contributed by atoms with Crippen LogP contribution < -0.4 is 4.90 Å². The fourth-order valence-electron chi connectivity index (χ4n) is 4.45. The number of fused-ring (bicyclic) bond motifs is 1. The van der Waals surface area contributed by atoms with Gasteiger partial charge >= 0.3 is 0 Å². The van der Waals surface area contributed by atoms with Crippen molar-refractivity contribution < 1.29 is 9.59 Å². The lowest BCUT2D eigenvalue weighted by Crippen LogP contribution is -2.35. The fraction of sp³-hybridized carbons (Fsp3) is 0.636. The van der Waals surface area contributed by atoms with Crippen LogP contribution in [0.2, 0.25) is 0 Å². The second kappa shape index (κ2) is 8.56. The number of nitrogens with zero attached hydrogens (tertiary/aromatic N) is 1. The van der Waals surface area contributed by atoms with Crippen LogP contribution in [0.5, 0.6) is 0 Å². The Balaban J connectivity index is 1.69. The number of hydrogen-bond acceptors (Lipinski definition) is 2. The predicted molar refractivity (Wildman–Crippen MR) is 107 cm³/mol. The van der Waals surface area contributed by atoms with Gasteiger partial charge in [-0.2, -0.15) is 0 Å². The molecule has 1 amide bonds. The summed E-state index contributed by atoms with van der Waals surface area (Å²) in [5.41, 5.74) is 2.73. The summed E-state index contributed by atoms with van der Waals surface area (Å²) < 4.78 is 0. The molecule has 2 atom stereocenters. The molecule has 0 saturated heterocycles. The Labute approximate surface area is 162 Å². The van der Waals surface area contributed by atoms with Crippen molar-refractivity contribution in [3.63, 3.8) is 0 Å². The fourth-order valence-corrected chi connectivity index (χ4v) is 4.58. The molecule has 1 heterocycles. The summed E-state index contributed by atoms with van der Waals surface area (Å²) in [6.45, 7) is 4.01. The Bertz CT molecular complexity index is 666. The van der Waals surface area contributed by atoms with Gasteiger partial charge in [0.25, 0.3) is 0 Å². The van der Waals surface area contributed by atoms with Gasteiger partial charge in [0.05, 0.1) is 5.38 Å². The van der Waals surface area contributed by atoms with E-state index < -0.39 is 5.38 Å². The molecule has 0 spiro atoms. The van der Waals surface area contributed by atoms with E-state index >= 15 is 0 Å². The van der Waals surface area contributed by atoms with Crippen molar-refractivity contribution >= 4 is 29.0 Å². The molecule has 4 heteroatoms. The summed E-state index contributed by atoms with van der Waals surface area (Å²) in [5, 5.41) is -0.472. The lowest BCUT2D eigenvalue weighted by atomic mass is 9.86. The molecule has 2 aliphatic rings. The van der Waals surface area contributed by atoms with Crippen molar-refractivity contribution in [3.8, 4) is 0 Å². The minimum atomic E-state index is -0.472. The first-order chi connectivity index (χ1) is 12.5. The third-order valence-corrected chi connectivity index (χ3v) is 6.49. The number of alkyl halides is 1. The van der Waals surface area contributed by atoms with Crippen LogP contribution >= 0.6 is 11.6 Å². The van der Waals surface area contributed by atoms with Gasteiger partial charge in [0.2, 0.25) is 5.91 Å². The van der Waals surface area contributed by atoms with Gasteiger partial charge in [-0.25, -0.2) is 0 Å². The van der Waals surface area contributed by atoms with Crippen LogP contribution in [0.15, 0.2) is 18.2 Å². The van der Waals surface area contributed by atoms with Gasteiger partial charge in [-0.3, -0.25) is 9.59 Å². The van der Waals surface area contributed by atoms with E-state index in [1.165, 1.54) is 32.1 Å². The van der Waals surface area contributed by atoms with Crippen molar-refractivity contribution in [1.82, 2.24) is 0 Å². The van der Waals surface area contributed by atoms with E-state index in [2.05, 4.69) is 6.92 Å². The zero-order valence-electron chi connectivity index (χ0n) is 16.0. The molecule has 0 N–H and O–H groups in total. The number of amides is 1. The highest BCUT2D eigenvalue weighted by Gasteiger charge is 2.32. The van der Waals surface area contributed by atoms with Gasteiger partial charge in [-0.1, -0.05) is 39.0 Å². The average molecular weight is 376 g/mol. The van der Waals surface area contributed by atoms with E-state index in [1.807, 2.05) is 30.0 Å². The molecule has 1 aliphatic carbocycles. The Morgan fingerprint density at radius 3 is 2.65 bits per heavy atom. The van der Waals surface area contributed by atoms with Gasteiger partial charge in [0.15, 0.2) is 5.78 Å². The second-order valence-corrected chi connectivity index (χ2v) is 8.47. The van der Waals surface area contributed by atoms with Crippen LogP contribution in [-0.2, 0) is 11.2 Å². The summed E-state index contributed by atoms with van der Waals surface area (Å²) in [6, 6.07) is 5.86. The normalized spacial score (nSPS) is 21.5. The second-order valence-electron chi connectivity index (χ2n) is 7.94. The number of carbonyl (C=O) groups is 2. The lowest BCUT2D eigenvalue weighted by Gasteiger charge is -2.25. The highest BCUT2D eigenvalue weighted by atomic mass is 35.5. The Kier molecular flexibility index (Phi) is 6.39. The van der Waals surface area contributed by atoms with Gasteiger partial charge in [0.1, 0.15) is 0 Å². The van der Waals surface area contributed by atoms with Crippen LogP contribution in [0.1, 0.15) is 81.1 Å². The molecule has 0 aromatic heterocycles. The Morgan fingerprint density at radius 1 is 1.23 bits per heavy atom. The van der Waals surface area contributed by atoms with E-state index in [9.17, 15) is 9.59 Å². The van der Waals surface area contributed by atoms with Crippen molar-refractivity contribution in [2.24, 2.45) is 5.92 Å². The number of Topliss-reactive ketones (excluding diaryl/α,β-unsaturated/α-hetero) is 1. The zero-order chi connectivity index (χ0) is 18.7. The van der Waals surface area contributed by atoms with Crippen molar-refractivity contribution in [3.05, 3.63) is 29.3 Å². The number of ketones is 1. The molecule has 1 fully saturated rings. The maximum Gasteiger partial charge on any atom is 0.227 e. The number of carbonyl (C=O) groups excluding carboxylic acids is 2. The summed E-state index contributed by atoms with van der Waals surface area (Å²) in [7, 11) is 0. The third-order valence-electron chi connectivity index (χ3n) is 5.98. The van der Waals surface area contributed by atoms with Crippen molar-refractivity contribution in [2.75, 3.05) is 4.90 Å². The molecule has 1 saturated carbocycles. The first-order valence-electron chi connectivity index (χ1n) is 10.1. The topological polar surface area (TPSA) is 37.4 Å². The number of hydrogen-bond donors (Lipinski definition) is 0. The highest BCUT2D eigenvalue weighted by molar-refractivity contribution is 6.33. The summed E-state index contributed by atoms with van der Waals surface area (Å²) in [6.07, 6.45) is 9.63. The monoisotopic (exact) mass is 375 g/mol. The van der Waals surface area contributed by atoms with Crippen LogP contribution in [-0.4, -0.2) is 23.1 Å². The molecule has 1 aromatic carbocycles. The number of benzene rings is 1. The number of halogens is 1. The molecule has 0 bridgehead atoms. The number of anilines is 1. The summed E-state index contributed by atoms with van der Waals surface area (Å²) >= 11 is 6.11. The van der Waals surface area contributed by atoms with Crippen LogP contribution in [0.3, 0.4) is 0 Å². The van der Waals surface area contributed by atoms with Crippen LogP contribution in [0.25, 0.3) is 0 Å². The molecule has 26 heavy (non-hydrogen) atoms. The molecular weight excluding hydrogens is 346 g/mol. The summed E-state index contributed by atoms with van der Waals surface area (Å²) in [4.78, 5) is 27.2. The first-order valence-corrected chi connectivity index (χ1v) is 10.6. The highest BCUT2D eigenvalue weighted by Crippen LogP contribution is 2.35. The van der Waals surface area contributed by atoms with Gasteiger partial charge in [-0.05, 0) is 55.9 Å². The molecule has 3 rings (SSSR count). The van der Waals surface area contributed by atoms with Gasteiger partial charge in [-0.15, -0.1) is 11.6 Å². The van der Waals surface area contributed by atoms with E-state index in [0.29, 0.717) is 18.4 Å². The lowest BCUT2D eigenvalue weighted by molar-refractivity contribution is -0.119. The minimum Gasteiger partial charge on any atom is -0.309 e. The zero-order valence-corrected chi connectivity index (χ0v) is 16.7. The van der Waals surface area contributed by atoms with E-state index in [4.69, 9.17) is 11.6 Å². The maximum atomic E-state index is 12.9. The molecule has 0 radical (unpaired) electrons. The van der Waals surface area contributed by atoms with E-state index in [1.54, 1.807) is 0 Å². The quantitative estimate of drug-likeness (QED) is 0.484. The Morgan fingerprint density at radius 2 is 1.96 bits per heavy atom. The molecule has 2 unspecified atom stereocenters. The number of rotatable bonds is 6. The minimum absolute atomic E-state index is 0.0216. The predicted octanol–water partition coefficient (Wildman–Crippen LogP) is 5.52.